The number of benzene rings is 3. The molecule has 172 valence electrons. The molecular formula is C23H24Cl2N6O2. The van der Waals surface area contributed by atoms with Crippen LogP contribution in [0.2, 0.25) is 0 Å². The van der Waals surface area contributed by atoms with E-state index in [9.17, 15) is 9.59 Å². The first-order valence-corrected chi connectivity index (χ1v) is 9.84. The number of carbonyl (C=O) groups is 2. The number of H-pyrrole nitrogens is 1. The Kier molecular flexibility index (Phi) is 8.67. The van der Waals surface area contributed by atoms with Crippen LogP contribution < -0.4 is 21.7 Å². The number of aromatic nitrogens is 2. The molecule has 4 rings (SSSR count). The highest BCUT2D eigenvalue weighted by Crippen LogP contribution is 2.24. The maximum Gasteiger partial charge on any atom is 0.319 e. The van der Waals surface area contributed by atoms with Gasteiger partial charge in [0.05, 0.1) is 11.0 Å². The molecular weight excluding hydrogens is 463 g/mol. The van der Waals surface area contributed by atoms with E-state index in [1.807, 2.05) is 49.4 Å². The van der Waals surface area contributed by atoms with Crippen molar-refractivity contribution in [1.29, 1.82) is 0 Å². The largest absolute Gasteiger partial charge is 0.399 e. The van der Waals surface area contributed by atoms with Gasteiger partial charge in [-0.05, 0) is 73.7 Å². The average molecular weight is 487 g/mol. The first-order valence-electron chi connectivity index (χ1n) is 9.84. The molecule has 6 N–H and O–H groups in total. The molecule has 3 amide bonds. The summed E-state index contributed by atoms with van der Waals surface area (Å²) in [6.45, 7) is 2.42. The summed E-state index contributed by atoms with van der Waals surface area (Å²) in [5.74, 6) is 0.482. The quantitative estimate of drug-likeness (QED) is 0.253. The lowest BCUT2D eigenvalue weighted by atomic mass is 10.2. The molecule has 0 spiro atoms. The number of rotatable bonds is 5. The highest BCUT2D eigenvalue weighted by molar-refractivity contribution is 6.05. The smallest absolute Gasteiger partial charge is 0.319 e. The maximum atomic E-state index is 12.4. The number of anilines is 3. The van der Waals surface area contributed by atoms with Crippen LogP contribution in [0.15, 0.2) is 66.7 Å². The Labute approximate surface area is 203 Å². The Morgan fingerprint density at radius 1 is 0.909 bits per heavy atom. The number of nitrogens with two attached hydrogens (primary N) is 1. The van der Waals surface area contributed by atoms with E-state index in [-0.39, 0.29) is 36.8 Å². The number of nitrogen functional groups attached to an aromatic ring is 1. The fourth-order valence-corrected chi connectivity index (χ4v) is 3.11. The number of hydrogen-bond acceptors (Lipinski definition) is 4. The Hall–Kier alpha value is -3.75. The van der Waals surface area contributed by atoms with Crippen LogP contribution >= 0.6 is 24.8 Å². The molecule has 8 nitrogen and oxygen atoms in total. The van der Waals surface area contributed by atoms with Crippen LogP contribution in [-0.4, -0.2) is 28.5 Å². The van der Waals surface area contributed by atoms with Crippen molar-refractivity contribution in [3.63, 3.8) is 0 Å². The lowest BCUT2D eigenvalue weighted by molar-refractivity contribution is 0.102. The minimum atomic E-state index is -0.243. The van der Waals surface area contributed by atoms with Gasteiger partial charge in [0.15, 0.2) is 0 Å². The van der Waals surface area contributed by atoms with E-state index < -0.39 is 0 Å². The van der Waals surface area contributed by atoms with Gasteiger partial charge in [-0.15, -0.1) is 24.8 Å². The van der Waals surface area contributed by atoms with Gasteiger partial charge in [-0.3, -0.25) is 4.79 Å². The van der Waals surface area contributed by atoms with Gasteiger partial charge in [0.25, 0.3) is 5.91 Å². The fourth-order valence-electron chi connectivity index (χ4n) is 3.11. The van der Waals surface area contributed by atoms with Crippen molar-refractivity contribution in [1.82, 2.24) is 15.3 Å². The summed E-state index contributed by atoms with van der Waals surface area (Å²) in [5, 5.41) is 8.33. The van der Waals surface area contributed by atoms with Gasteiger partial charge in [0.2, 0.25) is 0 Å². The second-order valence-corrected chi connectivity index (χ2v) is 6.96. The van der Waals surface area contributed by atoms with Crippen LogP contribution in [0.25, 0.3) is 22.4 Å². The average Bonchev–Trinajstić information content (AvgIpc) is 3.18. The predicted molar refractivity (Wildman–Crippen MR) is 138 cm³/mol. The van der Waals surface area contributed by atoms with Gasteiger partial charge in [-0.1, -0.05) is 0 Å². The standard InChI is InChI=1S/C23H22N6O2.2ClH/c1-2-25-23(31)27-17-9-5-14(6-10-17)21-28-19-12-11-18(13-20(19)29-21)26-22(30)15-3-7-16(24)8-4-15;;/h3-13H,2,24H2,1H3,(H,26,30)(H,28,29)(H2,25,27,31);2*1H. The molecule has 33 heavy (non-hydrogen) atoms. The molecule has 0 saturated carbocycles. The van der Waals surface area contributed by atoms with Crippen LogP contribution in [0.1, 0.15) is 17.3 Å². The number of nitrogens with zero attached hydrogens (tertiary/aromatic N) is 1. The monoisotopic (exact) mass is 486 g/mol. The van der Waals surface area contributed by atoms with Crippen molar-refractivity contribution in [2.24, 2.45) is 0 Å². The van der Waals surface area contributed by atoms with E-state index in [4.69, 9.17) is 5.73 Å². The number of aromatic amines is 1. The van der Waals surface area contributed by atoms with Crippen molar-refractivity contribution in [2.75, 3.05) is 22.9 Å². The van der Waals surface area contributed by atoms with E-state index >= 15 is 0 Å². The van der Waals surface area contributed by atoms with Crippen molar-refractivity contribution in [3.05, 3.63) is 72.3 Å². The topological polar surface area (TPSA) is 125 Å². The number of amides is 3. The highest BCUT2D eigenvalue weighted by atomic mass is 35.5. The van der Waals surface area contributed by atoms with Gasteiger partial charge in [0.1, 0.15) is 5.82 Å². The van der Waals surface area contributed by atoms with Crippen LogP contribution in [0, 0.1) is 0 Å². The van der Waals surface area contributed by atoms with E-state index in [0.717, 1.165) is 16.6 Å². The summed E-state index contributed by atoms with van der Waals surface area (Å²) < 4.78 is 0. The molecule has 4 aromatic rings. The van der Waals surface area contributed by atoms with Gasteiger partial charge >= 0.3 is 6.03 Å². The Balaban J connectivity index is 0.00000193. The number of nitrogens with one attached hydrogen (secondary N) is 4. The molecule has 0 aliphatic rings. The fraction of sp³-hybridized carbons (Fsp3) is 0.0870. The number of urea groups is 1. The minimum Gasteiger partial charge on any atom is -0.399 e. The third-order valence-corrected chi connectivity index (χ3v) is 4.67. The second-order valence-electron chi connectivity index (χ2n) is 6.96. The molecule has 1 aromatic heterocycles. The normalized spacial score (nSPS) is 9.97. The maximum absolute atomic E-state index is 12.4. The SMILES string of the molecule is CCNC(=O)Nc1ccc(-c2nc3ccc(NC(=O)c4ccc(N)cc4)cc3[nH]2)cc1.Cl.Cl. The van der Waals surface area contributed by atoms with E-state index in [2.05, 4.69) is 25.9 Å². The molecule has 0 fully saturated rings. The summed E-state index contributed by atoms with van der Waals surface area (Å²) in [7, 11) is 0. The number of fused-ring (bicyclic) bond motifs is 1. The molecule has 0 bridgehead atoms. The third-order valence-electron chi connectivity index (χ3n) is 4.67. The molecule has 0 aliphatic heterocycles. The number of hydrogen-bond donors (Lipinski definition) is 5. The molecule has 0 aliphatic carbocycles. The van der Waals surface area contributed by atoms with Crippen LogP contribution in [0.4, 0.5) is 21.9 Å². The Bertz CT molecular complexity index is 1240. The lowest BCUT2D eigenvalue weighted by Gasteiger charge is -2.06. The van der Waals surface area contributed by atoms with Crippen molar-refractivity contribution in [2.45, 2.75) is 6.92 Å². The second kappa shape index (κ2) is 11.2. The third kappa shape index (κ3) is 6.15. The van der Waals surface area contributed by atoms with Crippen molar-refractivity contribution >= 4 is 64.8 Å². The summed E-state index contributed by atoms with van der Waals surface area (Å²) in [5.41, 5.74) is 10.6. The van der Waals surface area contributed by atoms with E-state index in [0.29, 0.717) is 35.0 Å². The van der Waals surface area contributed by atoms with Gasteiger partial charge in [0, 0.05) is 34.7 Å². The van der Waals surface area contributed by atoms with Crippen LogP contribution in [0.3, 0.4) is 0 Å². The first kappa shape index (κ1) is 25.5. The molecule has 0 radical (unpaired) electrons. The summed E-state index contributed by atoms with van der Waals surface area (Å²) in [6, 6.07) is 19.4. The summed E-state index contributed by atoms with van der Waals surface area (Å²) >= 11 is 0. The van der Waals surface area contributed by atoms with Crippen molar-refractivity contribution in [3.8, 4) is 11.4 Å². The predicted octanol–water partition coefficient (Wildman–Crippen LogP) is 5.05. The number of carbonyl (C=O) groups excluding carboxylic acids is 2. The molecule has 3 aromatic carbocycles. The van der Waals surface area contributed by atoms with Crippen LogP contribution in [-0.2, 0) is 0 Å². The number of imidazole rings is 1. The molecule has 0 saturated heterocycles. The lowest BCUT2D eigenvalue weighted by Crippen LogP contribution is -2.28. The zero-order chi connectivity index (χ0) is 21.8. The zero-order valence-electron chi connectivity index (χ0n) is 17.7. The Morgan fingerprint density at radius 3 is 2.24 bits per heavy atom. The number of halogens is 2. The molecule has 0 unspecified atom stereocenters. The van der Waals surface area contributed by atoms with Gasteiger partial charge < -0.3 is 26.7 Å². The van der Waals surface area contributed by atoms with Gasteiger partial charge in [-0.2, -0.15) is 0 Å². The molecule has 1 heterocycles. The minimum absolute atomic E-state index is 0. The Morgan fingerprint density at radius 2 is 1.58 bits per heavy atom. The van der Waals surface area contributed by atoms with Crippen LogP contribution in [0.5, 0.6) is 0 Å². The first-order chi connectivity index (χ1) is 15.0. The van der Waals surface area contributed by atoms with Gasteiger partial charge in [-0.25, -0.2) is 9.78 Å². The summed E-state index contributed by atoms with van der Waals surface area (Å²) in [6.07, 6.45) is 0. The highest BCUT2D eigenvalue weighted by Gasteiger charge is 2.10. The van der Waals surface area contributed by atoms with E-state index in [1.165, 1.54) is 0 Å². The molecule has 0 atom stereocenters. The van der Waals surface area contributed by atoms with Crippen molar-refractivity contribution < 1.29 is 9.59 Å². The molecule has 10 heteroatoms. The van der Waals surface area contributed by atoms with E-state index in [1.54, 1.807) is 24.3 Å². The zero-order valence-corrected chi connectivity index (χ0v) is 19.3. The summed E-state index contributed by atoms with van der Waals surface area (Å²) in [4.78, 5) is 31.9.